The van der Waals surface area contributed by atoms with Gasteiger partial charge in [0.1, 0.15) is 16.9 Å². The van der Waals surface area contributed by atoms with E-state index < -0.39 is 6.10 Å². The second-order valence-corrected chi connectivity index (χ2v) is 8.36. The van der Waals surface area contributed by atoms with E-state index in [1.165, 1.54) is 6.20 Å². The number of carbonyl (C=O) groups excluding carboxylic acids is 1. The molecule has 5 N–H and O–H groups in total. The summed E-state index contributed by atoms with van der Waals surface area (Å²) in [6.45, 7) is 0.595. The number of fused-ring (bicyclic) bond motifs is 1. The SMILES string of the molecule is O=C(NCc1ccccc1)c1cccc2[nH]c(-c3c(NC[C@H](O)c4ccccc4)cc[nH]c3=O)nc12. The summed E-state index contributed by atoms with van der Waals surface area (Å²) in [4.78, 5) is 36.2. The molecule has 0 spiro atoms. The van der Waals surface area contributed by atoms with Crippen molar-refractivity contribution < 1.29 is 9.90 Å². The average Bonchev–Trinajstić information content (AvgIpc) is 3.35. The predicted octanol–water partition coefficient (Wildman–Crippen LogP) is 3.99. The minimum Gasteiger partial charge on any atom is -0.387 e. The van der Waals surface area contributed by atoms with Gasteiger partial charge in [-0.15, -0.1) is 0 Å². The summed E-state index contributed by atoms with van der Waals surface area (Å²) >= 11 is 0. The fourth-order valence-electron chi connectivity index (χ4n) is 4.07. The van der Waals surface area contributed by atoms with Crippen molar-refractivity contribution in [2.75, 3.05) is 11.9 Å². The smallest absolute Gasteiger partial charge is 0.261 e. The van der Waals surface area contributed by atoms with Gasteiger partial charge in [-0.1, -0.05) is 66.7 Å². The van der Waals surface area contributed by atoms with Crippen molar-refractivity contribution in [1.29, 1.82) is 0 Å². The van der Waals surface area contributed by atoms with Crippen molar-refractivity contribution in [2.24, 2.45) is 0 Å². The number of pyridine rings is 1. The van der Waals surface area contributed by atoms with Crippen LogP contribution in [0.15, 0.2) is 95.9 Å². The molecule has 8 heteroatoms. The van der Waals surface area contributed by atoms with Crippen LogP contribution in [0.1, 0.15) is 27.6 Å². The first kappa shape index (κ1) is 23.1. The number of nitrogens with one attached hydrogen (secondary N) is 4. The second kappa shape index (κ2) is 10.3. The third-order valence-corrected chi connectivity index (χ3v) is 5.92. The number of H-pyrrole nitrogens is 2. The summed E-state index contributed by atoms with van der Waals surface area (Å²) in [5.74, 6) is 0.0701. The maximum atomic E-state index is 13.0. The fraction of sp³-hybridized carbons (Fsp3) is 0.107. The molecule has 8 nitrogen and oxygen atoms in total. The van der Waals surface area contributed by atoms with Crippen molar-refractivity contribution in [3.05, 3.63) is 118 Å². The summed E-state index contributed by atoms with van der Waals surface area (Å²) in [6.07, 6.45) is 0.780. The quantitative estimate of drug-likeness (QED) is 0.230. The fourth-order valence-corrected chi connectivity index (χ4v) is 4.07. The molecule has 0 radical (unpaired) electrons. The van der Waals surface area contributed by atoms with Gasteiger partial charge in [-0.05, 0) is 29.3 Å². The standard InChI is InChI=1S/C28H25N5O3/c34-23(19-10-5-2-6-11-19)17-30-21-14-15-29-28(36)24(21)26-32-22-13-7-12-20(25(22)33-26)27(35)31-16-18-8-3-1-4-9-18/h1-15,23,34H,16-17H2,(H,31,35)(H,32,33)(H2,29,30,36)/t23-/m0/s1. The van der Waals surface area contributed by atoms with Gasteiger partial charge in [0.15, 0.2) is 0 Å². The van der Waals surface area contributed by atoms with E-state index in [9.17, 15) is 14.7 Å². The lowest BCUT2D eigenvalue weighted by atomic mass is 10.1. The monoisotopic (exact) mass is 479 g/mol. The van der Waals surface area contributed by atoms with Crippen LogP contribution in [0.4, 0.5) is 5.69 Å². The highest BCUT2D eigenvalue weighted by molar-refractivity contribution is 6.05. The third-order valence-electron chi connectivity index (χ3n) is 5.92. The van der Waals surface area contributed by atoms with Gasteiger partial charge in [-0.25, -0.2) is 4.98 Å². The first-order valence-electron chi connectivity index (χ1n) is 11.6. The van der Waals surface area contributed by atoms with Crippen LogP contribution in [-0.2, 0) is 6.54 Å². The lowest BCUT2D eigenvalue weighted by Gasteiger charge is -2.14. The van der Waals surface area contributed by atoms with Gasteiger partial charge in [0.2, 0.25) is 0 Å². The summed E-state index contributed by atoms with van der Waals surface area (Å²) in [6, 6.07) is 25.9. The molecule has 0 unspecified atom stereocenters. The van der Waals surface area contributed by atoms with Gasteiger partial charge in [-0.2, -0.15) is 0 Å². The predicted molar refractivity (Wildman–Crippen MR) is 140 cm³/mol. The van der Waals surface area contributed by atoms with Crippen LogP contribution in [-0.4, -0.2) is 32.5 Å². The Morgan fingerprint density at radius 1 is 0.944 bits per heavy atom. The number of imidazole rings is 1. The van der Waals surface area contributed by atoms with Crippen molar-refractivity contribution in [1.82, 2.24) is 20.3 Å². The molecule has 2 heterocycles. The number of aromatic amines is 2. The normalized spacial score (nSPS) is 11.8. The molecular formula is C28H25N5O3. The molecule has 0 aliphatic heterocycles. The first-order valence-corrected chi connectivity index (χ1v) is 11.6. The van der Waals surface area contributed by atoms with Crippen LogP contribution in [0.5, 0.6) is 0 Å². The Kier molecular flexibility index (Phi) is 6.59. The molecule has 5 aromatic rings. The van der Waals surface area contributed by atoms with E-state index in [0.29, 0.717) is 40.2 Å². The zero-order valence-corrected chi connectivity index (χ0v) is 19.4. The van der Waals surface area contributed by atoms with Gasteiger partial charge in [0.25, 0.3) is 11.5 Å². The lowest BCUT2D eigenvalue weighted by Crippen LogP contribution is -2.23. The molecule has 0 bridgehead atoms. The molecule has 36 heavy (non-hydrogen) atoms. The number of amides is 1. The molecule has 180 valence electrons. The number of aliphatic hydroxyl groups excluding tert-OH is 1. The summed E-state index contributed by atoms with van der Waals surface area (Å²) in [5, 5.41) is 16.6. The van der Waals surface area contributed by atoms with E-state index >= 15 is 0 Å². The van der Waals surface area contributed by atoms with E-state index in [-0.39, 0.29) is 18.0 Å². The highest BCUT2D eigenvalue weighted by Gasteiger charge is 2.19. The molecule has 0 saturated carbocycles. The van der Waals surface area contributed by atoms with Crippen LogP contribution in [0.2, 0.25) is 0 Å². The topological polar surface area (TPSA) is 123 Å². The van der Waals surface area contributed by atoms with Crippen LogP contribution in [0.3, 0.4) is 0 Å². The number of rotatable bonds is 8. The van der Waals surface area contributed by atoms with Crippen molar-refractivity contribution in [2.45, 2.75) is 12.6 Å². The number of nitrogens with zero attached hydrogens (tertiary/aromatic N) is 1. The number of carbonyl (C=O) groups is 1. The number of aliphatic hydroxyl groups is 1. The number of benzene rings is 3. The molecule has 2 aromatic heterocycles. The Hall–Kier alpha value is -4.69. The van der Waals surface area contributed by atoms with E-state index in [1.807, 2.05) is 66.7 Å². The van der Waals surface area contributed by atoms with E-state index in [0.717, 1.165) is 11.1 Å². The lowest BCUT2D eigenvalue weighted by molar-refractivity contribution is 0.0952. The molecular weight excluding hydrogens is 454 g/mol. The Morgan fingerprint density at radius 3 is 2.47 bits per heavy atom. The zero-order chi connectivity index (χ0) is 24.9. The average molecular weight is 480 g/mol. The van der Waals surface area contributed by atoms with Crippen LogP contribution in [0.25, 0.3) is 22.4 Å². The number of para-hydroxylation sites is 1. The minimum atomic E-state index is -0.756. The Morgan fingerprint density at radius 2 is 1.69 bits per heavy atom. The van der Waals surface area contributed by atoms with Crippen molar-refractivity contribution in [3.63, 3.8) is 0 Å². The van der Waals surface area contributed by atoms with Gasteiger partial charge in [-0.3, -0.25) is 9.59 Å². The van der Waals surface area contributed by atoms with Gasteiger partial charge >= 0.3 is 0 Å². The first-order chi connectivity index (χ1) is 17.6. The maximum absolute atomic E-state index is 13.0. The number of hydrogen-bond donors (Lipinski definition) is 5. The molecule has 3 aromatic carbocycles. The highest BCUT2D eigenvalue weighted by Crippen LogP contribution is 2.26. The summed E-state index contributed by atoms with van der Waals surface area (Å²) in [7, 11) is 0. The molecule has 1 amide bonds. The van der Waals surface area contributed by atoms with Crippen molar-refractivity contribution >= 4 is 22.6 Å². The van der Waals surface area contributed by atoms with Crippen LogP contribution >= 0.6 is 0 Å². The Balaban J connectivity index is 1.42. The number of hydrogen-bond acceptors (Lipinski definition) is 5. The van der Waals surface area contributed by atoms with Crippen LogP contribution in [0, 0.1) is 0 Å². The molecule has 0 aliphatic rings. The molecule has 0 aliphatic carbocycles. The van der Waals surface area contributed by atoms with E-state index in [2.05, 4.69) is 25.6 Å². The Labute approximate surface area is 207 Å². The van der Waals surface area contributed by atoms with Crippen LogP contribution < -0.4 is 16.2 Å². The summed E-state index contributed by atoms with van der Waals surface area (Å²) < 4.78 is 0. The third kappa shape index (κ3) is 4.89. The molecule has 0 saturated heterocycles. The second-order valence-electron chi connectivity index (χ2n) is 8.36. The largest absolute Gasteiger partial charge is 0.387 e. The van der Waals surface area contributed by atoms with E-state index in [1.54, 1.807) is 18.2 Å². The van der Waals surface area contributed by atoms with Gasteiger partial charge in [0.05, 0.1) is 22.9 Å². The molecule has 0 fully saturated rings. The zero-order valence-electron chi connectivity index (χ0n) is 19.4. The maximum Gasteiger partial charge on any atom is 0.261 e. The minimum absolute atomic E-state index is 0.202. The van der Waals surface area contributed by atoms with Gasteiger partial charge < -0.3 is 25.7 Å². The van der Waals surface area contributed by atoms with E-state index in [4.69, 9.17) is 0 Å². The number of aromatic nitrogens is 3. The van der Waals surface area contributed by atoms with Crippen molar-refractivity contribution in [3.8, 4) is 11.4 Å². The molecule has 5 rings (SSSR count). The molecule has 1 atom stereocenters. The highest BCUT2D eigenvalue weighted by atomic mass is 16.3. The summed E-state index contributed by atoms with van der Waals surface area (Å²) in [5.41, 5.74) is 3.74. The Bertz CT molecular complexity index is 1540. The van der Waals surface area contributed by atoms with Gasteiger partial charge in [0, 0.05) is 19.3 Å². The number of anilines is 1.